The van der Waals surface area contributed by atoms with Gasteiger partial charge in [0.25, 0.3) is 10.1 Å². The molecule has 0 radical (unpaired) electrons. The van der Waals surface area contributed by atoms with Crippen LogP contribution in [0.1, 0.15) is 219 Å². The Morgan fingerprint density at radius 1 is 0.510 bits per heavy atom. The molecule has 300 valence electrons. The highest BCUT2D eigenvalue weighted by Gasteiger charge is 2.24. The molecular formula is C44H83NO5S. The lowest BCUT2D eigenvalue weighted by Crippen LogP contribution is -2.46. The van der Waals surface area contributed by atoms with Gasteiger partial charge in [-0.2, -0.15) is 8.42 Å². The summed E-state index contributed by atoms with van der Waals surface area (Å²) in [5, 5.41) is 13.2. The quantitative estimate of drug-likeness (QED) is 0.0331. The molecular weight excluding hydrogens is 655 g/mol. The Balaban J connectivity index is 3.86. The molecule has 2 atom stereocenters. The average molecular weight is 738 g/mol. The predicted molar refractivity (Wildman–Crippen MR) is 221 cm³/mol. The second-order valence-corrected chi connectivity index (χ2v) is 16.5. The van der Waals surface area contributed by atoms with Crippen LogP contribution in [0.2, 0.25) is 0 Å². The van der Waals surface area contributed by atoms with E-state index in [1.807, 2.05) is 0 Å². The van der Waals surface area contributed by atoms with Gasteiger partial charge >= 0.3 is 0 Å². The topological polar surface area (TPSA) is 104 Å². The van der Waals surface area contributed by atoms with Crippen molar-refractivity contribution in [2.75, 3.05) is 5.75 Å². The van der Waals surface area contributed by atoms with Crippen molar-refractivity contribution in [1.29, 1.82) is 0 Å². The third kappa shape index (κ3) is 39.6. The molecule has 0 rings (SSSR count). The van der Waals surface area contributed by atoms with Crippen LogP contribution >= 0.6 is 0 Å². The lowest BCUT2D eigenvalue weighted by atomic mass is 10.0. The molecule has 0 fully saturated rings. The molecule has 1 amide bonds. The maximum Gasteiger partial charge on any atom is 0.267 e. The molecule has 7 heteroatoms. The first-order chi connectivity index (χ1) is 24.8. The van der Waals surface area contributed by atoms with Crippen molar-refractivity contribution in [2.24, 2.45) is 0 Å². The van der Waals surface area contributed by atoms with Crippen molar-refractivity contribution in [3.8, 4) is 0 Å². The van der Waals surface area contributed by atoms with Gasteiger partial charge in [-0.3, -0.25) is 9.35 Å². The minimum absolute atomic E-state index is 0.288. The SMILES string of the molecule is CCCCCC/C=C/CC/C=C/CC/C=C/C(O)C(CS(=O)(=O)O)NC(=O)CCCCCCCCCCCCCCCCCCCCCCCC. The summed E-state index contributed by atoms with van der Waals surface area (Å²) >= 11 is 0. The summed E-state index contributed by atoms with van der Waals surface area (Å²) in [6, 6.07) is -1.08. The largest absolute Gasteiger partial charge is 0.387 e. The molecule has 0 aliphatic heterocycles. The fraction of sp³-hybridized carbons (Fsp3) is 0.841. The second kappa shape index (κ2) is 38.3. The number of hydrogen-bond acceptors (Lipinski definition) is 4. The highest BCUT2D eigenvalue weighted by Crippen LogP contribution is 2.16. The van der Waals surface area contributed by atoms with Crippen LogP contribution in [0.5, 0.6) is 0 Å². The van der Waals surface area contributed by atoms with Gasteiger partial charge in [0.1, 0.15) is 0 Å². The minimum atomic E-state index is -4.35. The predicted octanol–water partition coefficient (Wildman–Crippen LogP) is 12.9. The van der Waals surface area contributed by atoms with E-state index < -0.39 is 28.0 Å². The van der Waals surface area contributed by atoms with Gasteiger partial charge in [0, 0.05) is 6.42 Å². The number of hydrogen-bond donors (Lipinski definition) is 3. The zero-order chi connectivity index (χ0) is 37.5. The molecule has 0 aliphatic rings. The van der Waals surface area contributed by atoms with Crippen molar-refractivity contribution < 1.29 is 22.9 Å². The van der Waals surface area contributed by atoms with E-state index in [0.717, 1.165) is 44.9 Å². The number of carbonyl (C=O) groups is 1. The number of amides is 1. The van der Waals surface area contributed by atoms with E-state index in [0.29, 0.717) is 6.42 Å². The standard InChI is InChI=1S/C44H83NO5S/c1-3-5-7-9-11-13-15-17-19-20-21-22-23-24-25-26-28-30-32-34-36-38-40-44(47)45-42(41-51(48,49)50)43(46)39-37-35-33-31-29-27-18-16-14-12-10-8-6-4-2/h14,16,29,31,37,39,42-43,46H,3-13,15,17-28,30,32-36,38,40-41H2,1-2H3,(H,45,47)(H,48,49,50)/b16-14+,31-29+,39-37+. The number of rotatable bonds is 39. The van der Waals surface area contributed by atoms with Gasteiger partial charge in [-0.05, 0) is 44.9 Å². The van der Waals surface area contributed by atoms with Crippen molar-refractivity contribution in [2.45, 2.75) is 231 Å². The Bertz CT molecular complexity index is 945. The van der Waals surface area contributed by atoms with E-state index in [-0.39, 0.29) is 12.3 Å². The van der Waals surface area contributed by atoms with E-state index in [4.69, 9.17) is 0 Å². The maximum atomic E-state index is 12.5. The van der Waals surface area contributed by atoms with Crippen LogP contribution in [-0.2, 0) is 14.9 Å². The summed E-state index contributed by atoms with van der Waals surface area (Å²) in [6.45, 7) is 4.51. The summed E-state index contributed by atoms with van der Waals surface area (Å²) in [4.78, 5) is 12.5. The van der Waals surface area contributed by atoms with E-state index in [2.05, 4.69) is 43.5 Å². The molecule has 3 N–H and O–H groups in total. The van der Waals surface area contributed by atoms with Gasteiger partial charge in [0.15, 0.2) is 0 Å². The van der Waals surface area contributed by atoms with Gasteiger partial charge in [0.05, 0.1) is 17.9 Å². The molecule has 0 bridgehead atoms. The zero-order valence-corrected chi connectivity index (χ0v) is 34.3. The molecule has 0 aromatic carbocycles. The zero-order valence-electron chi connectivity index (χ0n) is 33.5. The van der Waals surface area contributed by atoms with Crippen molar-refractivity contribution >= 4 is 16.0 Å². The highest BCUT2D eigenvalue weighted by molar-refractivity contribution is 7.85. The molecule has 0 aromatic heterocycles. The Hall–Kier alpha value is -1.44. The molecule has 0 saturated carbocycles. The molecule has 0 aromatic rings. The summed E-state index contributed by atoms with van der Waals surface area (Å²) in [5.41, 5.74) is 0. The van der Waals surface area contributed by atoms with Gasteiger partial charge in [0.2, 0.25) is 5.91 Å². The third-order valence-corrected chi connectivity index (χ3v) is 10.6. The van der Waals surface area contributed by atoms with Gasteiger partial charge in [-0.25, -0.2) is 0 Å². The highest BCUT2D eigenvalue weighted by atomic mass is 32.2. The average Bonchev–Trinajstić information content (AvgIpc) is 3.09. The molecule has 0 aliphatic carbocycles. The second-order valence-electron chi connectivity index (χ2n) is 15.0. The Morgan fingerprint density at radius 3 is 1.24 bits per heavy atom. The first kappa shape index (κ1) is 49.6. The monoisotopic (exact) mass is 738 g/mol. The lowest BCUT2D eigenvalue weighted by Gasteiger charge is -2.21. The summed E-state index contributed by atoms with van der Waals surface area (Å²) < 4.78 is 32.5. The summed E-state index contributed by atoms with van der Waals surface area (Å²) in [7, 11) is -4.35. The molecule has 51 heavy (non-hydrogen) atoms. The maximum absolute atomic E-state index is 12.5. The van der Waals surface area contributed by atoms with Crippen LogP contribution in [0, 0.1) is 0 Å². The Morgan fingerprint density at radius 2 is 0.843 bits per heavy atom. The van der Waals surface area contributed by atoms with Gasteiger partial charge in [-0.1, -0.05) is 204 Å². The molecule has 0 spiro atoms. The molecule has 0 saturated heterocycles. The van der Waals surface area contributed by atoms with Crippen LogP contribution in [0.4, 0.5) is 0 Å². The number of nitrogens with one attached hydrogen (secondary N) is 1. The Kier molecular flexibility index (Phi) is 37.2. The summed E-state index contributed by atoms with van der Waals surface area (Å²) in [5.74, 6) is -1.00. The van der Waals surface area contributed by atoms with Crippen LogP contribution in [0.15, 0.2) is 36.5 Å². The van der Waals surface area contributed by atoms with Crippen molar-refractivity contribution in [3.05, 3.63) is 36.5 Å². The molecule has 6 nitrogen and oxygen atoms in total. The van der Waals surface area contributed by atoms with E-state index >= 15 is 0 Å². The molecule has 0 heterocycles. The van der Waals surface area contributed by atoms with Crippen LogP contribution < -0.4 is 5.32 Å². The first-order valence-corrected chi connectivity index (χ1v) is 23.3. The van der Waals surface area contributed by atoms with Gasteiger partial charge in [-0.15, -0.1) is 0 Å². The first-order valence-electron chi connectivity index (χ1n) is 21.7. The number of aliphatic hydroxyl groups is 1. The number of aliphatic hydroxyl groups excluding tert-OH is 1. The Labute approximate surface area is 316 Å². The van der Waals surface area contributed by atoms with Crippen molar-refractivity contribution in [3.63, 3.8) is 0 Å². The minimum Gasteiger partial charge on any atom is -0.387 e. The molecule has 2 unspecified atom stereocenters. The normalized spacial score (nSPS) is 13.6. The van der Waals surface area contributed by atoms with Gasteiger partial charge < -0.3 is 10.4 Å². The number of unbranched alkanes of at least 4 members (excludes halogenated alkanes) is 27. The smallest absolute Gasteiger partial charge is 0.267 e. The third-order valence-electron chi connectivity index (χ3n) is 9.80. The fourth-order valence-corrected chi connectivity index (χ4v) is 7.28. The van der Waals surface area contributed by atoms with Crippen LogP contribution in [0.3, 0.4) is 0 Å². The number of allylic oxidation sites excluding steroid dienone is 5. The van der Waals surface area contributed by atoms with Crippen LogP contribution in [0.25, 0.3) is 0 Å². The van der Waals surface area contributed by atoms with E-state index in [9.17, 15) is 22.9 Å². The van der Waals surface area contributed by atoms with E-state index in [1.165, 1.54) is 154 Å². The van der Waals surface area contributed by atoms with Crippen molar-refractivity contribution in [1.82, 2.24) is 5.32 Å². The van der Waals surface area contributed by atoms with Crippen LogP contribution in [-0.4, -0.2) is 41.9 Å². The lowest BCUT2D eigenvalue weighted by molar-refractivity contribution is -0.122. The van der Waals surface area contributed by atoms with E-state index in [1.54, 1.807) is 6.08 Å². The number of carbonyl (C=O) groups excluding carboxylic acids is 1. The summed E-state index contributed by atoms with van der Waals surface area (Å²) in [6.07, 6.45) is 50.0. The fourth-order valence-electron chi connectivity index (χ4n) is 6.54.